The molecular formula is C17H18IN5O2. The summed E-state index contributed by atoms with van der Waals surface area (Å²) in [5, 5.41) is 3.45. The van der Waals surface area contributed by atoms with Gasteiger partial charge in [-0.15, -0.1) is 0 Å². The van der Waals surface area contributed by atoms with Gasteiger partial charge in [-0.3, -0.25) is 9.88 Å². The Labute approximate surface area is 158 Å². The van der Waals surface area contributed by atoms with Crippen molar-refractivity contribution in [3.8, 4) is 5.69 Å². The molecule has 8 heteroatoms. The van der Waals surface area contributed by atoms with Gasteiger partial charge in [0.05, 0.1) is 5.39 Å². The second-order valence-electron chi connectivity index (χ2n) is 6.49. The fraction of sp³-hybridized carbons (Fsp3) is 0.235. The summed E-state index contributed by atoms with van der Waals surface area (Å²) in [7, 11) is 0. The number of nitrogens with one attached hydrogen (secondary N) is 1. The number of amides is 1. The zero-order chi connectivity index (χ0) is 18.2. The SMILES string of the molecule is CC(C)(C)OC(=O)Nc1ncnc2c1c(I)cn2-c1cccc(N)c1. The Morgan fingerprint density at radius 1 is 1.32 bits per heavy atom. The summed E-state index contributed by atoms with van der Waals surface area (Å²) in [5.74, 6) is 0.409. The van der Waals surface area contributed by atoms with E-state index < -0.39 is 11.7 Å². The summed E-state index contributed by atoms with van der Waals surface area (Å²) >= 11 is 2.19. The Kier molecular flexibility index (Phi) is 4.55. The molecule has 0 unspecified atom stereocenters. The first kappa shape index (κ1) is 17.5. The van der Waals surface area contributed by atoms with E-state index in [0.29, 0.717) is 17.2 Å². The molecule has 0 spiro atoms. The minimum atomic E-state index is -0.586. The maximum absolute atomic E-state index is 12.1. The lowest BCUT2D eigenvalue weighted by atomic mass is 10.2. The third-order valence-corrected chi connectivity index (χ3v) is 4.12. The maximum Gasteiger partial charge on any atom is 0.413 e. The molecule has 2 heterocycles. The van der Waals surface area contributed by atoms with Crippen LogP contribution in [0.3, 0.4) is 0 Å². The number of carbonyl (C=O) groups excluding carboxylic acids is 1. The zero-order valence-electron chi connectivity index (χ0n) is 14.1. The number of benzene rings is 1. The fourth-order valence-electron chi connectivity index (χ4n) is 2.38. The molecule has 1 amide bonds. The van der Waals surface area contributed by atoms with Gasteiger partial charge in [0.2, 0.25) is 0 Å². The molecule has 0 saturated heterocycles. The number of nitrogens with two attached hydrogens (primary N) is 1. The molecule has 130 valence electrons. The highest BCUT2D eigenvalue weighted by Gasteiger charge is 2.20. The number of anilines is 2. The van der Waals surface area contributed by atoms with Gasteiger partial charge in [-0.2, -0.15) is 0 Å². The van der Waals surface area contributed by atoms with E-state index >= 15 is 0 Å². The van der Waals surface area contributed by atoms with Crippen LogP contribution in [0.5, 0.6) is 0 Å². The van der Waals surface area contributed by atoms with Crippen molar-refractivity contribution >= 4 is 51.2 Å². The Hall–Kier alpha value is -2.36. The molecule has 0 radical (unpaired) electrons. The normalized spacial score (nSPS) is 11.5. The molecule has 1 aromatic carbocycles. The average Bonchev–Trinajstić information content (AvgIpc) is 2.83. The van der Waals surface area contributed by atoms with Gasteiger partial charge < -0.3 is 10.5 Å². The van der Waals surface area contributed by atoms with Gasteiger partial charge >= 0.3 is 6.09 Å². The Morgan fingerprint density at radius 3 is 2.76 bits per heavy atom. The molecule has 0 fully saturated rings. The topological polar surface area (TPSA) is 95.1 Å². The standard InChI is InChI=1S/C17H18IN5O2/c1-17(2,3)25-16(24)22-14-13-12(18)8-23(15(13)21-9-20-14)11-6-4-5-10(19)7-11/h4-9H,19H2,1-3H3,(H,20,21,22,24). The highest BCUT2D eigenvalue weighted by Crippen LogP contribution is 2.30. The third-order valence-electron chi connectivity index (χ3n) is 3.30. The van der Waals surface area contributed by atoms with Crippen molar-refractivity contribution in [2.45, 2.75) is 26.4 Å². The summed E-state index contributed by atoms with van der Waals surface area (Å²) in [6.45, 7) is 5.42. The van der Waals surface area contributed by atoms with E-state index in [1.54, 1.807) is 0 Å². The predicted octanol–water partition coefficient (Wildman–Crippen LogP) is 3.95. The molecule has 2 aromatic heterocycles. The van der Waals surface area contributed by atoms with E-state index in [1.807, 2.05) is 55.8 Å². The number of nitrogen functional groups attached to an aromatic ring is 1. The van der Waals surface area contributed by atoms with Crippen LogP contribution in [0.1, 0.15) is 20.8 Å². The lowest BCUT2D eigenvalue weighted by Gasteiger charge is -2.19. The second kappa shape index (κ2) is 6.51. The van der Waals surface area contributed by atoms with Crippen molar-refractivity contribution < 1.29 is 9.53 Å². The molecule has 3 rings (SSSR count). The summed E-state index contributed by atoms with van der Waals surface area (Å²) < 4.78 is 8.12. The predicted molar refractivity (Wildman–Crippen MR) is 106 cm³/mol. The van der Waals surface area contributed by atoms with Gasteiger partial charge in [0.15, 0.2) is 5.65 Å². The van der Waals surface area contributed by atoms with Crippen molar-refractivity contribution in [3.05, 3.63) is 40.4 Å². The van der Waals surface area contributed by atoms with Crippen LogP contribution >= 0.6 is 22.6 Å². The van der Waals surface area contributed by atoms with Crippen LogP contribution in [-0.2, 0) is 4.74 Å². The van der Waals surface area contributed by atoms with Crippen LogP contribution in [0.4, 0.5) is 16.3 Å². The van der Waals surface area contributed by atoms with Crippen LogP contribution in [0, 0.1) is 3.57 Å². The lowest BCUT2D eigenvalue weighted by molar-refractivity contribution is 0.0635. The number of carbonyl (C=O) groups is 1. The van der Waals surface area contributed by atoms with Crippen molar-refractivity contribution in [2.75, 3.05) is 11.1 Å². The van der Waals surface area contributed by atoms with E-state index in [1.165, 1.54) is 6.33 Å². The largest absolute Gasteiger partial charge is 0.444 e. The van der Waals surface area contributed by atoms with Gasteiger partial charge in [0.25, 0.3) is 0 Å². The molecule has 3 N–H and O–H groups in total. The minimum Gasteiger partial charge on any atom is -0.444 e. The van der Waals surface area contributed by atoms with E-state index in [-0.39, 0.29) is 0 Å². The van der Waals surface area contributed by atoms with Crippen LogP contribution in [0.15, 0.2) is 36.8 Å². The molecule has 3 aromatic rings. The number of hydrogen-bond acceptors (Lipinski definition) is 5. The number of hydrogen-bond donors (Lipinski definition) is 2. The van der Waals surface area contributed by atoms with Gasteiger partial charge in [-0.05, 0) is 61.6 Å². The number of aromatic nitrogens is 3. The quantitative estimate of drug-likeness (QED) is 0.455. The molecule has 0 aliphatic rings. The summed E-state index contributed by atoms with van der Waals surface area (Å²) in [6.07, 6.45) is 2.78. The first-order valence-corrected chi connectivity index (χ1v) is 8.70. The molecule has 25 heavy (non-hydrogen) atoms. The van der Waals surface area contributed by atoms with Crippen LogP contribution < -0.4 is 11.1 Å². The third kappa shape index (κ3) is 3.84. The second-order valence-corrected chi connectivity index (χ2v) is 7.65. The summed E-state index contributed by atoms with van der Waals surface area (Å²) in [5.41, 5.74) is 7.52. The van der Waals surface area contributed by atoms with Crippen molar-refractivity contribution in [1.29, 1.82) is 0 Å². The minimum absolute atomic E-state index is 0.409. The van der Waals surface area contributed by atoms with Gasteiger partial charge in [0.1, 0.15) is 17.7 Å². The summed E-state index contributed by atoms with van der Waals surface area (Å²) in [4.78, 5) is 20.6. The number of nitrogens with zero attached hydrogens (tertiary/aromatic N) is 3. The summed E-state index contributed by atoms with van der Waals surface area (Å²) in [6, 6.07) is 7.50. The monoisotopic (exact) mass is 451 g/mol. The van der Waals surface area contributed by atoms with Crippen LogP contribution in [0.25, 0.3) is 16.7 Å². The molecule has 0 saturated carbocycles. The van der Waals surface area contributed by atoms with Crippen LogP contribution in [-0.4, -0.2) is 26.2 Å². The number of rotatable bonds is 2. The zero-order valence-corrected chi connectivity index (χ0v) is 16.2. The van der Waals surface area contributed by atoms with Gasteiger partial charge in [-0.25, -0.2) is 14.8 Å². The fourth-order valence-corrected chi connectivity index (χ4v) is 3.16. The van der Waals surface area contributed by atoms with Gasteiger partial charge in [-0.1, -0.05) is 6.07 Å². The van der Waals surface area contributed by atoms with E-state index in [2.05, 4.69) is 37.9 Å². The smallest absolute Gasteiger partial charge is 0.413 e. The molecule has 7 nitrogen and oxygen atoms in total. The molecular weight excluding hydrogens is 433 g/mol. The van der Waals surface area contributed by atoms with E-state index in [4.69, 9.17) is 10.5 Å². The maximum atomic E-state index is 12.1. The molecule has 0 aliphatic carbocycles. The average molecular weight is 451 g/mol. The van der Waals surface area contributed by atoms with Gasteiger partial charge in [0, 0.05) is 21.1 Å². The van der Waals surface area contributed by atoms with E-state index in [9.17, 15) is 4.79 Å². The Bertz CT molecular complexity index is 946. The number of ether oxygens (including phenoxy) is 1. The Morgan fingerprint density at radius 2 is 2.08 bits per heavy atom. The highest BCUT2D eigenvalue weighted by molar-refractivity contribution is 14.1. The molecule has 0 bridgehead atoms. The van der Waals surface area contributed by atoms with E-state index in [0.717, 1.165) is 14.6 Å². The molecule has 0 aliphatic heterocycles. The highest BCUT2D eigenvalue weighted by atomic mass is 127. The lowest BCUT2D eigenvalue weighted by Crippen LogP contribution is -2.27. The van der Waals surface area contributed by atoms with Crippen LogP contribution in [0.2, 0.25) is 0 Å². The van der Waals surface area contributed by atoms with Crippen molar-refractivity contribution in [1.82, 2.24) is 14.5 Å². The van der Waals surface area contributed by atoms with Crippen molar-refractivity contribution in [3.63, 3.8) is 0 Å². The van der Waals surface area contributed by atoms with Crippen molar-refractivity contribution in [2.24, 2.45) is 0 Å². The Balaban J connectivity index is 2.04. The number of fused-ring (bicyclic) bond motifs is 1. The molecule has 0 atom stereocenters. The first-order chi connectivity index (χ1) is 11.7. The first-order valence-electron chi connectivity index (χ1n) is 7.62. The number of halogens is 1.